The molecule has 0 aromatic carbocycles. The number of amides is 2. The Kier molecular flexibility index (Phi) is 5.07. The Morgan fingerprint density at radius 2 is 2.14 bits per heavy atom. The molecule has 1 rings (SSSR count). The fourth-order valence-electron chi connectivity index (χ4n) is 1.47. The number of aliphatic hydroxyl groups is 1. The topological polar surface area (TPSA) is 61.4 Å². The number of aliphatic hydroxyl groups excluding tert-OH is 1. The summed E-state index contributed by atoms with van der Waals surface area (Å²) < 4.78 is 0. The van der Waals surface area contributed by atoms with E-state index in [0.29, 0.717) is 13.0 Å². The van der Waals surface area contributed by atoms with Crippen molar-refractivity contribution in [3.05, 3.63) is 11.8 Å². The SMILES string of the molecule is O=C(NC=C1CCCC1)NCCCO. The van der Waals surface area contributed by atoms with Crippen molar-refractivity contribution in [2.75, 3.05) is 13.2 Å². The minimum Gasteiger partial charge on any atom is -0.396 e. The first-order chi connectivity index (χ1) is 6.83. The van der Waals surface area contributed by atoms with Gasteiger partial charge in [-0.2, -0.15) is 0 Å². The number of nitrogens with one attached hydrogen (secondary N) is 2. The van der Waals surface area contributed by atoms with Crippen LogP contribution < -0.4 is 10.6 Å². The van der Waals surface area contributed by atoms with E-state index >= 15 is 0 Å². The van der Waals surface area contributed by atoms with E-state index in [1.54, 1.807) is 6.20 Å². The van der Waals surface area contributed by atoms with Crippen LogP contribution in [0.1, 0.15) is 32.1 Å². The van der Waals surface area contributed by atoms with Gasteiger partial charge in [0, 0.05) is 19.4 Å². The number of hydrogen-bond acceptors (Lipinski definition) is 2. The highest BCUT2D eigenvalue weighted by atomic mass is 16.3. The van der Waals surface area contributed by atoms with Gasteiger partial charge in [-0.3, -0.25) is 0 Å². The number of allylic oxidation sites excluding steroid dienone is 1. The summed E-state index contributed by atoms with van der Waals surface area (Å²) in [5.74, 6) is 0. The summed E-state index contributed by atoms with van der Waals surface area (Å²) >= 11 is 0. The highest BCUT2D eigenvalue weighted by Gasteiger charge is 2.06. The second kappa shape index (κ2) is 6.43. The fraction of sp³-hybridized carbons (Fsp3) is 0.700. The molecule has 0 unspecified atom stereocenters. The smallest absolute Gasteiger partial charge is 0.318 e. The van der Waals surface area contributed by atoms with Gasteiger partial charge in [-0.05, 0) is 32.1 Å². The summed E-state index contributed by atoms with van der Waals surface area (Å²) in [4.78, 5) is 11.1. The van der Waals surface area contributed by atoms with Crippen molar-refractivity contribution in [2.45, 2.75) is 32.1 Å². The van der Waals surface area contributed by atoms with Crippen LogP contribution in [0.15, 0.2) is 11.8 Å². The Labute approximate surface area is 84.4 Å². The van der Waals surface area contributed by atoms with Crippen molar-refractivity contribution < 1.29 is 9.90 Å². The molecule has 4 heteroatoms. The summed E-state index contributed by atoms with van der Waals surface area (Å²) in [6, 6.07) is -0.183. The van der Waals surface area contributed by atoms with Crippen LogP contribution in [-0.4, -0.2) is 24.3 Å². The lowest BCUT2D eigenvalue weighted by Crippen LogP contribution is -2.33. The molecule has 1 fully saturated rings. The number of carbonyl (C=O) groups excluding carboxylic acids is 1. The van der Waals surface area contributed by atoms with E-state index in [2.05, 4.69) is 10.6 Å². The minimum absolute atomic E-state index is 0.112. The van der Waals surface area contributed by atoms with Gasteiger partial charge in [0.2, 0.25) is 0 Å². The summed E-state index contributed by atoms with van der Waals surface area (Å²) in [5.41, 5.74) is 1.32. The lowest BCUT2D eigenvalue weighted by Gasteiger charge is -2.03. The van der Waals surface area contributed by atoms with E-state index in [4.69, 9.17) is 5.11 Å². The van der Waals surface area contributed by atoms with Crippen LogP contribution in [0.5, 0.6) is 0 Å². The van der Waals surface area contributed by atoms with Gasteiger partial charge in [0.1, 0.15) is 0 Å². The van der Waals surface area contributed by atoms with Gasteiger partial charge in [-0.25, -0.2) is 4.79 Å². The van der Waals surface area contributed by atoms with Crippen molar-refractivity contribution in [3.63, 3.8) is 0 Å². The second-order valence-electron chi connectivity index (χ2n) is 3.49. The second-order valence-corrected chi connectivity index (χ2v) is 3.49. The third-order valence-corrected chi connectivity index (χ3v) is 2.27. The molecule has 0 aliphatic heterocycles. The van der Waals surface area contributed by atoms with Crippen LogP contribution in [0.2, 0.25) is 0 Å². The molecule has 0 aromatic heterocycles. The zero-order valence-electron chi connectivity index (χ0n) is 8.38. The van der Waals surface area contributed by atoms with Crippen LogP contribution >= 0.6 is 0 Å². The fourth-order valence-corrected chi connectivity index (χ4v) is 1.47. The molecule has 0 bridgehead atoms. The van der Waals surface area contributed by atoms with Crippen molar-refractivity contribution in [1.29, 1.82) is 0 Å². The standard InChI is InChI=1S/C10H18N2O2/c13-7-3-6-11-10(14)12-8-9-4-1-2-5-9/h8,13H,1-7H2,(H2,11,12,14). The molecule has 14 heavy (non-hydrogen) atoms. The highest BCUT2D eigenvalue weighted by molar-refractivity contribution is 5.74. The van der Waals surface area contributed by atoms with Gasteiger partial charge < -0.3 is 15.7 Å². The van der Waals surface area contributed by atoms with Crippen LogP contribution in [-0.2, 0) is 0 Å². The van der Waals surface area contributed by atoms with E-state index < -0.39 is 0 Å². The Balaban J connectivity index is 2.10. The molecule has 80 valence electrons. The highest BCUT2D eigenvalue weighted by Crippen LogP contribution is 2.22. The van der Waals surface area contributed by atoms with Crippen LogP contribution in [0.4, 0.5) is 4.79 Å². The van der Waals surface area contributed by atoms with Crippen molar-refractivity contribution >= 4 is 6.03 Å². The molecule has 1 aliphatic carbocycles. The van der Waals surface area contributed by atoms with Gasteiger partial charge in [0.15, 0.2) is 0 Å². The number of hydrogen-bond donors (Lipinski definition) is 3. The summed E-state index contributed by atoms with van der Waals surface area (Å²) in [6.07, 6.45) is 7.10. The van der Waals surface area contributed by atoms with Crippen LogP contribution in [0.3, 0.4) is 0 Å². The third-order valence-electron chi connectivity index (χ3n) is 2.27. The first-order valence-corrected chi connectivity index (χ1v) is 5.16. The van der Waals surface area contributed by atoms with E-state index in [1.165, 1.54) is 18.4 Å². The summed E-state index contributed by atoms with van der Waals surface area (Å²) in [7, 11) is 0. The zero-order chi connectivity index (χ0) is 10.2. The van der Waals surface area contributed by atoms with E-state index in [-0.39, 0.29) is 12.6 Å². The Morgan fingerprint density at radius 1 is 1.43 bits per heavy atom. The minimum atomic E-state index is -0.183. The van der Waals surface area contributed by atoms with Gasteiger partial charge in [0.05, 0.1) is 0 Å². The molecule has 1 aliphatic rings. The Morgan fingerprint density at radius 3 is 2.79 bits per heavy atom. The van der Waals surface area contributed by atoms with Crippen molar-refractivity contribution in [1.82, 2.24) is 10.6 Å². The average Bonchev–Trinajstić information content (AvgIpc) is 2.68. The monoisotopic (exact) mass is 198 g/mol. The molecule has 0 saturated heterocycles. The predicted molar refractivity (Wildman–Crippen MR) is 54.8 cm³/mol. The van der Waals surface area contributed by atoms with E-state index in [9.17, 15) is 4.79 Å². The maximum Gasteiger partial charge on any atom is 0.318 e. The van der Waals surface area contributed by atoms with E-state index in [0.717, 1.165) is 12.8 Å². The summed E-state index contributed by atoms with van der Waals surface area (Å²) in [5, 5.41) is 13.8. The molecule has 0 atom stereocenters. The Bertz CT molecular complexity index is 206. The molecule has 0 aromatic rings. The molecule has 1 saturated carbocycles. The maximum absolute atomic E-state index is 11.1. The molecule has 3 N–H and O–H groups in total. The normalized spacial score (nSPS) is 15.4. The maximum atomic E-state index is 11.1. The molecule has 2 amide bonds. The van der Waals surface area contributed by atoms with Crippen LogP contribution in [0, 0.1) is 0 Å². The van der Waals surface area contributed by atoms with Crippen molar-refractivity contribution in [2.24, 2.45) is 0 Å². The van der Waals surface area contributed by atoms with Crippen LogP contribution in [0.25, 0.3) is 0 Å². The van der Waals surface area contributed by atoms with Gasteiger partial charge >= 0.3 is 6.03 Å². The molecular formula is C10H18N2O2. The third kappa shape index (κ3) is 4.28. The molecule has 0 radical (unpaired) electrons. The first kappa shape index (κ1) is 11.0. The Hall–Kier alpha value is -1.03. The molecule has 0 spiro atoms. The molecule has 4 nitrogen and oxygen atoms in total. The summed E-state index contributed by atoms with van der Waals surface area (Å²) in [6.45, 7) is 0.632. The van der Waals surface area contributed by atoms with Gasteiger partial charge in [-0.15, -0.1) is 0 Å². The first-order valence-electron chi connectivity index (χ1n) is 5.16. The van der Waals surface area contributed by atoms with Gasteiger partial charge in [0.25, 0.3) is 0 Å². The van der Waals surface area contributed by atoms with Gasteiger partial charge in [-0.1, -0.05) is 5.57 Å². The molecular weight excluding hydrogens is 180 g/mol. The number of rotatable bonds is 4. The number of carbonyl (C=O) groups is 1. The average molecular weight is 198 g/mol. The lowest BCUT2D eigenvalue weighted by molar-refractivity contribution is 0.241. The van der Waals surface area contributed by atoms with Crippen molar-refractivity contribution in [3.8, 4) is 0 Å². The lowest BCUT2D eigenvalue weighted by atomic mass is 10.2. The van der Waals surface area contributed by atoms with E-state index in [1.807, 2.05) is 0 Å². The predicted octanol–water partition coefficient (Wildman–Crippen LogP) is 1.13. The quantitative estimate of drug-likeness (QED) is 0.593. The number of urea groups is 1. The zero-order valence-corrected chi connectivity index (χ0v) is 8.38. The largest absolute Gasteiger partial charge is 0.396 e. The molecule has 0 heterocycles.